The second kappa shape index (κ2) is 15.3. The zero-order valence-corrected chi connectivity index (χ0v) is 30.6. The van der Waals surface area contributed by atoms with E-state index in [4.69, 9.17) is 29.0 Å². The number of aromatic nitrogens is 3. The summed E-state index contributed by atoms with van der Waals surface area (Å²) in [6.07, 6.45) is 4.08. The van der Waals surface area contributed by atoms with E-state index in [2.05, 4.69) is 25.0 Å². The molecule has 9 nitrogen and oxygen atoms in total. The lowest BCUT2D eigenvalue weighted by atomic mass is 9.92. The van der Waals surface area contributed by atoms with E-state index in [9.17, 15) is 9.18 Å². The number of piperidine rings is 1. The van der Waals surface area contributed by atoms with Crippen molar-refractivity contribution in [2.24, 2.45) is 0 Å². The van der Waals surface area contributed by atoms with Crippen molar-refractivity contribution in [3.8, 4) is 28.1 Å². The smallest absolute Gasteiger partial charge is 0.339 e. The van der Waals surface area contributed by atoms with Gasteiger partial charge in [-0.05, 0) is 84.2 Å². The Morgan fingerprint density at radius 2 is 1.78 bits per heavy atom. The molecule has 0 radical (unpaired) electrons. The molecule has 11 heteroatoms. The van der Waals surface area contributed by atoms with Crippen LogP contribution in [0.2, 0.25) is 0 Å². The Balaban J connectivity index is 1.67. The van der Waals surface area contributed by atoms with E-state index in [1.54, 1.807) is 40.9 Å². The van der Waals surface area contributed by atoms with Crippen molar-refractivity contribution in [1.82, 2.24) is 14.6 Å². The molecular weight excluding hydrogens is 654 g/mol. The molecule has 1 aliphatic rings. The number of fused-ring (bicyclic) bond motifs is 1. The Bertz CT molecular complexity index is 1910. The van der Waals surface area contributed by atoms with Gasteiger partial charge in [-0.1, -0.05) is 18.2 Å². The van der Waals surface area contributed by atoms with Gasteiger partial charge >= 0.3 is 5.97 Å². The fourth-order valence-corrected chi connectivity index (χ4v) is 6.36. The highest BCUT2D eigenvalue weighted by Crippen LogP contribution is 2.40. The molecule has 2 atom stereocenters. The van der Waals surface area contributed by atoms with Crippen LogP contribution in [0.15, 0.2) is 67.8 Å². The minimum Gasteiger partial charge on any atom is -0.490 e. The number of esters is 1. The van der Waals surface area contributed by atoms with Gasteiger partial charge in [0.05, 0.1) is 42.3 Å². The van der Waals surface area contributed by atoms with E-state index in [0.29, 0.717) is 84.3 Å². The average molecular weight is 703 g/mol. The molecule has 2 aromatic carbocycles. The van der Waals surface area contributed by atoms with Crippen LogP contribution in [0.5, 0.6) is 5.75 Å². The number of halogens is 2. The molecule has 3 heterocycles. The Kier molecular flexibility index (Phi) is 11.3. The highest BCUT2D eigenvalue weighted by molar-refractivity contribution is 5.81. The third kappa shape index (κ3) is 8.48. The maximum absolute atomic E-state index is 15.8. The molecule has 2 aromatic heterocycles. The lowest BCUT2D eigenvalue weighted by Gasteiger charge is -2.41. The quantitative estimate of drug-likeness (QED) is 0.101. The van der Waals surface area contributed by atoms with E-state index in [1.807, 2.05) is 34.6 Å². The van der Waals surface area contributed by atoms with Gasteiger partial charge in [0.25, 0.3) is 0 Å². The Morgan fingerprint density at radius 3 is 2.43 bits per heavy atom. The van der Waals surface area contributed by atoms with Crippen LogP contribution in [0, 0.1) is 18.6 Å². The third-order valence-corrected chi connectivity index (χ3v) is 8.95. The molecule has 1 aliphatic heterocycles. The minimum absolute atomic E-state index is 0.220. The van der Waals surface area contributed by atoms with Gasteiger partial charge in [0.1, 0.15) is 23.2 Å². The van der Waals surface area contributed by atoms with Gasteiger partial charge in [-0.25, -0.2) is 18.6 Å². The number of nitrogens with zero attached hydrogens (tertiary/aromatic N) is 4. The van der Waals surface area contributed by atoms with Gasteiger partial charge in [-0.15, -0.1) is 13.2 Å². The lowest BCUT2D eigenvalue weighted by Crippen LogP contribution is -2.45. The molecule has 5 rings (SSSR count). The Hall–Kier alpha value is -4.61. The molecule has 0 N–H and O–H groups in total. The number of rotatable bonds is 13. The van der Waals surface area contributed by atoms with Crippen molar-refractivity contribution < 1.29 is 32.5 Å². The first-order valence-electron chi connectivity index (χ1n) is 17.2. The summed E-state index contributed by atoms with van der Waals surface area (Å²) in [6, 6.07) is 10.7. The number of hydrogen-bond acceptors (Lipinski definition) is 8. The zero-order chi connectivity index (χ0) is 37.1. The molecule has 0 amide bonds. The first kappa shape index (κ1) is 37.6. The summed E-state index contributed by atoms with van der Waals surface area (Å²) in [5.41, 5.74) is 2.23. The van der Waals surface area contributed by atoms with Crippen LogP contribution in [0.25, 0.3) is 28.0 Å². The first-order valence-corrected chi connectivity index (χ1v) is 17.2. The topological polar surface area (TPSA) is 87.4 Å². The van der Waals surface area contributed by atoms with Crippen LogP contribution in [0.4, 0.5) is 14.6 Å². The first-order chi connectivity index (χ1) is 24.2. The van der Waals surface area contributed by atoms with Crippen LogP contribution in [-0.4, -0.2) is 64.7 Å². The summed E-state index contributed by atoms with van der Waals surface area (Å²) < 4.78 is 55.6. The normalized spacial score (nSPS) is 15.7. The molecule has 51 heavy (non-hydrogen) atoms. The summed E-state index contributed by atoms with van der Waals surface area (Å²) in [6.45, 7) is 20.5. The van der Waals surface area contributed by atoms with Crippen LogP contribution < -0.4 is 9.64 Å². The number of anilines is 1. The largest absolute Gasteiger partial charge is 0.490 e. The molecule has 0 spiro atoms. The highest BCUT2D eigenvalue weighted by atomic mass is 19.1. The van der Waals surface area contributed by atoms with Gasteiger partial charge in [-0.3, -0.25) is 0 Å². The highest BCUT2D eigenvalue weighted by Gasteiger charge is 2.38. The standard InChI is InChI=1S/C40H48F2N4O5/c1-10-12-25(3)50-33-23-28(41)14-15-29(33)27-13-16-31(42)30(22-27)32-24-34-43-26(4)35(36(38(47)48-9)51-39(5,6)7)37(46(34)44-32)45-19-17-40(8,18-20-45)49-21-11-2/h10-11,13-16,22-25,36H,1-2,12,17-21H2,3-9H3. The van der Waals surface area contributed by atoms with Gasteiger partial charge in [0, 0.05) is 48.5 Å². The molecule has 2 unspecified atom stereocenters. The number of methoxy groups -OCH3 is 1. The van der Waals surface area contributed by atoms with Crippen LogP contribution in [-0.2, 0) is 19.0 Å². The maximum Gasteiger partial charge on any atom is 0.339 e. The summed E-state index contributed by atoms with van der Waals surface area (Å²) in [5.74, 6) is -0.573. The summed E-state index contributed by atoms with van der Waals surface area (Å²) >= 11 is 0. The lowest BCUT2D eigenvalue weighted by molar-refractivity contribution is -0.164. The van der Waals surface area contributed by atoms with Crippen molar-refractivity contribution in [3.63, 3.8) is 0 Å². The number of ether oxygens (including phenoxy) is 4. The summed E-state index contributed by atoms with van der Waals surface area (Å²) in [7, 11) is 1.32. The molecule has 1 saturated heterocycles. The van der Waals surface area contributed by atoms with Crippen molar-refractivity contribution >= 4 is 17.4 Å². The van der Waals surface area contributed by atoms with Crippen molar-refractivity contribution in [2.45, 2.75) is 84.2 Å². The van der Waals surface area contributed by atoms with E-state index in [-0.39, 0.29) is 17.3 Å². The van der Waals surface area contributed by atoms with Crippen molar-refractivity contribution in [1.29, 1.82) is 0 Å². The molecule has 0 saturated carbocycles. The van der Waals surface area contributed by atoms with E-state index in [1.165, 1.54) is 25.3 Å². The Labute approximate surface area is 298 Å². The SMILES string of the molecule is C=CCOC1(C)CCN(c2c(C(OC(C)(C)C)C(=O)OC)c(C)nc3cc(-c4cc(-c5ccc(F)cc5OC(C)CC=C)ccc4F)nn23)CC1. The molecular formula is C40H48F2N4O5. The van der Waals surface area contributed by atoms with Gasteiger partial charge in [-0.2, -0.15) is 9.61 Å². The van der Waals surface area contributed by atoms with Gasteiger partial charge in [0.15, 0.2) is 11.8 Å². The monoisotopic (exact) mass is 702 g/mol. The molecule has 0 aliphatic carbocycles. The summed E-state index contributed by atoms with van der Waals surface area (Å²) in [4.78, 5) is 20.4. The zero-order valence-electron chi connectivity index (χ0n) is 30.6. The Morgan fingerprint density at radius 1 is 1.06 bits per heavy atom. The maximum atomic E-state index is 15.8. The van der Waals surface area contributed by atoms with Crippen molar-refractivity contribution in [3.05, 3.63) is 90.7 Å². The van der Waals surface area contributed by atoms with Crippen LogP contribution >= 0.6 is 0 Å². The van der Waals surface area contributed by atoms with Crippen LogP contribution in [0.1, 0.15) is 71.2 Å². The molecule has 272 valence electrons. The minimum atomic E-state index is -1.11. The predicted molar refractivity (Wildman–Crippen MR) is 195 cm³/mol. The van der Waals surface area contributed by atoms with Gasteiger partial charge in [0.2, 0.25) is 0 Å². The molecule has 4 aromatic rings. The molecule has 0 bridgehead atoms. The molecule has 1 fully saturated rings. The third-order valence-electron chi connectivity index (χ3n) is 8.95. The van der Waals surface area contributed by atoms with Gasteiger partial charge < -0.3 is 23.8 Å². The second-order valence-electron chi connectivity index (χ2n) is 14.2. The fraction of sp³-hybridized carbons (Fsp3) is 0.425. The number of hydrogen-bond donors (Lipinski definition) is 0. The predicted octanol–water partition coefficient (Wildman–Crippen LogP) is 8.58. The number of benzene rings is 2. The second-order valence-corrected chi connectivity index (χ2v) is 14.2. The van der Waals surface area contributed by atoms with E-state index >= 15 is 4.39 Å². The fourth-order valence-electron chi connectivity index (χ4n) is 6.36. The average Bonchev–Trinajstić information content (AvgIpc) is 3.49. The van der Waals surface area contributed by atoms with E-state index < -0.39 is 29.3 Å². The summed E-state index contributed by atoms with van der Waals surface area (Å²) in [5, 5.41) is 4.93. The number of carbonyl (C=O) groups excluding carboxylic acids is 1. The number of aryl methyl sites for hydroxylation is 1. The van der Waals surface area contributed by atoms with Crippen molar-refractivity contribution in [2.75, 3.05) is 31.7 Å². The van der Waals surface area contributed by atoms with E-state index in [0.717, 1.165) is 0 Å². The van der Waals surface area contributed by atoms with Crippen LogP contribution in [0.3, 0.4) is 0 Å². The number of carbonyl (C=O) groups is 1.